The molecule has 0 aliphatic rings. The van der Waals surface area contributed by atoms with Crippen molar-refractivity contribution in [2.75, 3.05) is 10.8 Å². The number of hydrogen-bond acceptors (Lipinski definition) is 6. The number of hydrogen-bond donors (Lipinski definition) is 1. The van der Waals surface area contributed by atoms with Gasteiger partial charge < -0.3 is 9.63 Å². The zero-order chi connectivity index (χ0) is 23.0. The molecule has 1 aromatic heterocycles. The molecule has 164 valence electrons. The molecule has 0 bridgehead atoms. The molecule has 1 heterocycles. The fraction of sp³-hybridized carbons (Fsp3) is 0.0952. The maximum Gasteiger partial charge on any atom is 0.324 e. The van der Waals surface area contributed by atoms with Crippen molar-refractivity contribution in [2.45, 2.75) is 11.8 Å². The van der Waals surface area contributed by atoms with Crippen LogP contribution in [0.15, 0.2) is 64.0 Å². The molecular weight excluding hydrogens is 477 g/mol. The summed E-state index contributed by atoms with van der Waals surface area (Å²) in [6.45, 7) is 0.909. The second-order valence-electron chi connectivity index (χ2n) is 6.89. The average molecular weight is 492 g/mol. The number of fused-ring (bicyclic) bond motifs is 1. The number of aliphatic carboxylic acids is 1. The largest absolute Gasteiger partial charge is 0.480 e. The van der Waals surface area contributed by atoms with Gasteiger partial charge in [0, 0.05) is 22.5 Å². The first kappa shape index (κ1) is 22.1. The summed E-state index contributed by atoms with van der Waals surface area (Å²) in [5, 5.41) is 15.0. The van der Waals surface area contributed by atoms with Crippen molar-refractivity contribution in [3.8, 4) is 11.4 Å². The highest BCUT2D eigenvalue weighted by molar-refractivity contribution is 7.92. The summed E-state index contributed by atoms with van der Waals surface area (Å²) in [6.07, 6.45) is 0. The summed E-state index contributed by atoms with van der Waals surface area (Å²) in [5.74, 6) is -0.447. The van der Waals surface area contributed by atoms with Gasteiger partial charge >= 0.3 is 5.97 Å². The molecular formula is C21H15Cl2N3O5S. The summed E-state index contributed by atoms with van der Waals surface area (Å²) < 4.78 is 32.3. The fourth-order valence-electron chi connectivity index (χ4n) is 3.19. The molecule has 0 aliphatic heterocycles. The number of rotatable bonds is 6. The number of benzene rings is 3. The Balaban J connectivity index is 1.79. The molecule has 0 spiro atoms. The highest BCUT2D eigenvalue weighted by Crippen LogP contribution is 2.31. The van der Waals surface area contributed by atoms with Crippen LogP contribution in [-0.4, -0.2) is 36.2 Å². The van der Waals surface area contributed by atoms with Gasteiger partial charge in [0.25, 0.3) is 10.0 Å². The molecule has 0 fully saturated rings. The Labute approximate surface area is 193 Å². The van der Waals surface area contributed by atoms with Crippen molar-refractivity contribution in [1.29, 1.82) is 0 Å². The van der Waals surface area contributed by atoms with Crippen LogP contribution in [0.1, 0.15) is 5.89 Å². The maximum atomic E-state index is 13.3. The molecule has 0 radical (unpaired) electrons. The van der Waals surface area contributed by atoms with Crippen molar-refractivity contribution in [3.63, 3.8) is 0 Å². The molecule has 0 saturated heterocycles. The van der Waals surface area contributed by atoms with Gasteiger partial charge in [0.1, 0.15) is 6.54 Å². The van der Waals surface area contributed by atoms with Gasteiger partial charge in [0.2, 0.25) is 11.7 Å². The minimum Gasteiger partial charge on any atom is -0.480 e. The van der Waals surface area contributed by atoms with Crippen LogP contribution >= 0.6 is 23.2 Å². The van der Waals surface area contributed by atoms with Gasteiger partial charge in [-0.2, -0.15) is 4.98 Å². The van der Waals surface area contributed by atoms with E-state index in [1.807, 2.05) is 6.07 Å². The van der Waals surface area contributed by atoms with E-state index in [0.717, 1.165) is 15.3 Å². The second-order valence-corrected chi connectivity index (χ2v) is 9.63. The Morgan fingerprint density at radius 3 is 2.31 bits per heavy atom. The van der Waals surface area contributed by atoms with E-state index >= 15 is 0 Å². The third kappa shape index (κ3) is 4.40. The van der Waals surface area contributed by atoms with Crippen LogP contribution in [0.25, 0.3) is 22.2 Å². The van der Waals surface area contributed by atoms with Gasteiger partial charge in [-0.05, 0) is 47.2 Å². The first-order valence-electron chi connectivity index (χ1n) is 9.18. The predicted molar refractivity (Wildman–Crippen MR) is 121 cm³/mol. The number of nitrogens with zero attached hydrogens (tertiary/aromatic N) is 3. The summed E-state index contributed by atoms with van der Waals surface area (Å²) in [7, 11) is -4.26. The molecule has 4 aromatic rings. The predicted octanol–water partition coefficient (Wildman–Crippen LogP) is 4.78. The number of carbonyl (C=O) groups is 1. The van der Waals surface area contributed by atoms with E-state index in [1.54, 1.807) is 31.2 Å². The lowest BCUT2D eigenvalue weighted by Crippen LogP contribution is -2.35. The van der Waals surface area contributed by atoms with Crippen molar-refractivity contribution < 1.29 is 22.8 Å². The lowest BCUT2D eigenvalue weighted by atomic mass is 10.1. The molecule has 4 rings (SSSR count). The minimum absolute atomic E-state index is 0.120. The van der Waals surface area contributed by atoms with E-state index in [2.05, 4.69) is 10.1 Å². The van der Waals surface area contributed by atoms with Gasteiger partial charge in [-0.3, -0.25) is 9.10 Å². The molecule has 0 saturated carbocycles. The Kier molecular flexibility index (Phi) is 5.81. The monoisotopic (exact) mass is 491 g/mol. The van der Waals surface area contributed by atoms with Crippen LogP contribution in [0, 0.1) is 6.92 Å². The topological polar surface area (TPSA) is 114 Å². The van der Waals surface area contributed by atoms with E-state index in [0.29, 0.717) is 17.1 Å². The lowest BCUT2D eigenvalue weighted by Gasteiger charge is -2.23. The van der Waals surface area contributed by atoms with Gasteiger partial charge in [0.15, 0.2) is 0 Å². The van der Waals surface area contributed by atoms with Crippen molar-refractivity contribution in [1.82, 2.24) is 10.1 Å². The van der Waals surface area contributed by atoms with Gasteiger partial charge in [-0.1, -0.05) is 46.6 Å². The number of carboxylic acid groups (broad SMARTS) is 1. The summed E-state index contributed by atoms with van der Waals surface area (Å²) >= 11 is 11.9. The smallest absolute Gasteiger partial charge is 0.324 e. The third-order valence-electron chi connectivity index (χ3n) is 4.60. The molecule has 11 heteroatoms. The van der Waals surface area contributed by atoms with Crippen LogP contribution < -0.4 is 4.31 Å². The number of anilines is 1. The Hall–Kier alpha value is -3.14. The molecule has 0 amide bonds. The number of halogens is 2. The van der Waals surface area contributed by atoms with Crippen molar-refractivity contribution in [2.24, 2.45) is 0 Å². The second kappa shape index (κ2) is 8.42. The first-order valence-corrected chi connectivity index (χ1v) is 11.4. The minimum atomic E-state index is -4.26. The average Bonchev–Trinajstić information content (AvgIpc) is 3.16. The SMILES string of the molecule is Cc1nc(-c2ccc3cc(N(CC(=O)O)S(=O)(=O)c4cc(Cl)cc(Cl)c4)ccc3c2)no1. The van der Waals surface area contributed by atoms with Crippen LogP contribution in [-0.2, 0) is 14.8 Å². The van der Waals surface area contributed by atoms with Crippen LogP contribution in [0.2, 0.25) is 10.0 Å². The summed E-state index contributed by atoms with van der Waals surface area (Å²) in [5.41, 5.74) is 0.907. The van der Waals surface area contributed by atoms with E-state index in [9.17, 15) is 18.3 Å². The number of aromatic nitrogens is 2. The molecule has 0 aliphatic carbocycles. The highest BCUT2D eigenvalue weighted by atomic mass is 35.5. The molecule has 0 atom stereocenters. The van der Waals surface area contributed by atoms with Crippen molar-refractivity contribution >= 4 is 55.7 Å². The zero-order valence-corrected chi connectivity index (χ0v) is 18.8. The first-order chi connectivity index (χ1) is 15.1. The lowest BCUT2D eigenvalue weighted by molar-refractivity contribution is -0.135. The van der Waals surface area contributed by atoms with Gasteiger partial charge in [-0.25, -0.2) is 8.42 Å². The number of sulfonamides is 1. The highest BCUT2D eigenvalue weighted by Gasteiger charge is 2.28. The van der Waals surface area contributed by atoms with E-state index < -0.39 is 22.5 Å². The standard InChI is InChI=1S/C21H15Cl2N3O5S/c1-12-24-21(25-31-12)15-3-2-14-7-18(5-4-13(14)6-15)26(11-20(27)28)32(29,30)19-9-16(22)8-17(23)10-19/h2-10H,11H2,1H3,(H,27,28). The van der Waals surface area contributed by atoms with E-state index in [4.69, 9.17) is 27.7 Å². The molecule has 32 heavy (non-hydrogen) atoms. The van der Waals surface area contributed by atoms with Crippen LogP contribution in [0.5, 0.6) is 0 Å². The Bertz CT molecular complexity index is 1430. The normalized spacial score (nSPS) is 11.6. The van der Waals surface area contributed by atoms with Crippen molar-refractivity contribution in [3.05, 3.63) is 70.5 Å². The maximum absolute atomic E-state index is 13.3. The van der Waals surface area contributed by atoms with Gasteiger partial charge in [-0.15, -0.1) is 0 Å². The third-order valence-corrected chi connectivity index (χ3v) is 6.79. The van der Waals surface area contributed by atoms with Crippen LogP contribution in [0.3, 0.4) is 0 Å². The summed E-state index contributed by atoms with van der Waals surface area (Å²) in [4.78, 5) is 15.5. The number of aryl methyl sites for hydroxylation is 1. The van der Waals surface area contributed by atoms with Crippen LogP contribution in [0.4, 0.5) is 5.69 Å². The molecule has 0 unspecified atom stereocenters. The Morgan fingerprint density at radius 1 is 1.03 bits per heavy atom. The Morgan fingerprint density at radius 2 is 1.69 bits per heavy atom. The number of carboxylic acids is 1. The zero-order valence-electron chi connectivity index (χ0n) is 16.5. The fourth-order valence-corrected chi connectivity index (χ4v) is 5.32. The van der Waals surface area contributed by atoms with Gasteiger partial charge in [0.05, 0.1) is 10.6 Å². The molecule has 8 nitrogen and oxygen atoms in total. The van der Waals surface area contributed by atoms with E-state index in [-0.39, 0.29) is 20.6 Å². The quantitative estimate of drug-likeness (QED) is 0.412. The summed E-state index contributed by atoms with van der Waals surface area (Å²) in [6, 6.07) is 14.0. The van der Waals surface area contributed by atoms with E-state index in [1.165, 1.54) is 24.3 Å². The molecule has 3 aromatic carbocycles. The molecule has 1 N–H and O–H groups in total.